The van der Waals surface area contributed by atoms with Crippen LogP contribution < -0.4 is 16.4 Å². The van der Waals surface area contributed by atoms with Crippen LogP contribution in [-0.4, -0.2) is 47.8 Å². The zero-order valence-electron chi connectivity index (χ0n) is 13.3. The number of primary amides is 1. The van der Waals surface area contributed by atoms with Crippen LogP contribution in [0.2, 0.25) is 0 Å². The molecule has 0 aliphatic carbocycles. The lowest BCUT2D eigenvalue weighted by molar-refractivity contribution is 0.190. The van der Waals surface area contributed by atoms with Crippen molar-refractivity contribution in [1.82, 2.24) is 25.7 Å². The van der Waals surface area contributed by atoms with Gasteiger partial charge in [0, 0.05) is 24.5 Å². The lowest BCUT2D eigenvalue weighted by atomic mass is 10.1. The van der Waals surface area contributed by atoms with E-state index in [-0.39, 0.29) is 24.5 Å². The third-order valence-corrected chi connectivity index (χ3v) is 4.86. The highest BCUT2D eigenvalue weighted by Crippen LogP contribution is 2.24. The fraction of sp³-hybridized carbons (Fsp3) is 0.500. The van der Waals surface area contributed by atoms with Gasteiger partial charge in [-0.05, 0) is 18.5 Å². The van der Waals surface area contributed by atoms with Crippen molar-refractivity contribution in [2.24, 2.45) is 5.73 Å². The summed E-state index contributed by atoms with van der Waals surface area (Å²) in [6.07, 6.45) is 0.417. The van der Waals surface area contributed by atoms with Crippen molar-refractivity contribution in [2.45, 2.75) is 18.5 Å². The first kappa shape index (κ1) is 18.7. The van der Waals surface area contributed by atoms with E-state index < -0.39 is 6.03 Å². The largest absolute Gasteiger partial charge is 0.352 e. The van der Waals surface area contributed by atoms with E-state index in [0.717, 1.165) is 24.5 Å². The summed E-state index contributed by atoms with van der Waals surface area (Å²) in [7, 11) is 2.05. The first-order chi connectivity index (χ1) is 11.1. The van der Waals surface area contributed by atoms with Crippen molar-refractivity contribution in [3.8, 4) is 0 Å². The molecule has 2 aromatic heterocycles. The van der Waals surface area contributed by atoms with Gasteiger partial charge in [-0.15, -0.1) is 23.7 Å². The van der Waals surface area contributed by atoms with Crippen LogP contribution in [0.15, 0.2) is 22.0 Å². The monoisotopic (exact) mass is 372 g/mol. The Kier molecular flexibility index (Phi) is 6.55. The van der Waals surface area contributed by atoms with Crippen molar-refractivity contribution >= 4 is 29.8 Å². The summed E-state index contributed by atoms with van der Waals surface area (Å²) in [5.41, 5.74) is 5.27. The Morgan fingerprint density at radius 1 is 1.67 bits per heavy atom. The maximum Gasteiger partial charge on any atom is 0.312 e. The van der Waals surface area contributed by atoms with Crippen molar-refractivity contribution in [2.75, 3.05) is 26.7 Å². The van der Waals surface area contributed by atoms with Crippen LogP contribution >= 0.6 is 23.7 Å². The average Bonchev–Trinajstić information content (AvgIpc) is 3.18. The molecule has 0 bridgehead atoms. The summed E-state index contributed by atoms with van der Waals surface area (Å²) in [5, 5.41) is 12.1. The molecule has 0 saturated carbocycles. The van der Waals surface area contributed by atoms with Gasteiger partial charge in [-0.2, -0.15) is 4.98 Å². The van der Waals surface area contributed by atoms with Crippen molar-refractivity contribution in [3.05, 3.63) is 34.1 Å². The maximum absolute atomic E-state index is 11.2. The molecule has 2 amide bonds. The zero-order chi connectivity index (χ0) is 16.2. The van der Waals surface area contributed by atoms with E-state index in [0.29, 0.717) is 18.1 Å². The van der Waals surface area contributed by atoms with Crippen molar-refractivity contribution < 1.29 is 9.32 Å². The van der Waals surface area contributed by atoms with Crippen LogP contribution in [0.5, 0.6) is 0 Å². The smallest absolute Gasteiger partial charge is 0.312 e. The summed E-state index contributed by atoms with van der Waals surface area (Å²) in [5.74, 6) is 1.16. The van der Waals surface area contributed by atoms with Gasteiger partial charge in [0.2, 0.25) is 5.89 Å². The molecule has 0 radical (unpaired) electrons. The Hall–Kier alpha value is -1.68. The van der Waals surface area contributed by atoms with Crippen LogP contribution in [0.3, 0.4) is 0 Å². The number of rotatable bonds is 5. The number of hydrogen-bond donors (Lipinski definition) is 3. The molecule has 2 atom stereocenters. The van der Waals surface area contributed by atoms with E-state index in [1.54, 1.807) is 11.3 Å². The van der Waals surface area contributed by atoms with Gasteiger partial charge in [0.1, 0.15) is 0 Å². The van der Waals surface area contributed by atoms with E-state index >= 15 is 0 Å². The summed E-state index contributed by atoms with van der Waals surface area (Å²) in [4.78, 5) is 18.9. The molecule has 1 aliphatic heterocycles. The standard InChI is InChI=1S/C14H20N6O2S.ClH/c1-20-5-4-16-8-10(20)13-18-12(22-19-13)7-9(17-14(15)21)11-3-2-6-23-11;/h2-3,6,9-10,16H,4-5,7-8H2,1H3,(H3,15,17,21);1H. The molecule has 2 unspecified atom stereocenters. The molecular formula is C14H21ClN6O2S. The third-order valence-electron chi connectivity index (χ3n) is 3.87. The summed E-state index contributed by atoms with van der Waals surface area (Å²) < 4.78 is 5.37. The number of nitrogens with two attached hydrogens (primary N) is 1. The van der Waals surface area contributed by atoms with Crippen molar-refractivity contribution in [1.29, 1.82) is 0 Å². The first-order valence-corrected chi connectivity index (χ1v) is 8.34. The molecule has 1 aliphatic rings. The van der Waals surface area contributed by atoms with Crippen molar-refractivity contribution in [3.63, 3.8) is 0 Å². The number of aromatic nitrogens is 2. The predicted molar refractivity (Wildman–Crippen MR) is 93.3 cm³/mol. The second-order valence-electron chi connectivity index (χ2n) is 5.53. The Morgan fingerprint density at radius 2 is 2.50 bits per heavy atom. The SMILES string of the molecule is CN1CCNCC1c1noc(CC(NC(N)=O)c2cccs2)n1.Cl. The number of likely N-dealkylation sites (N-methyl/N-ethyl adjacent to an activating group) is 1. The minimum absolute atomic E-state index is 0. The second-order valence-corrected chi connectivity index (χ2v) is 6.51. The maximum atomic E-state index is 11.2. The molecular weight excluding hydrogens is 352 g/mol. The Bertz CT molecular complexity index is 649. The number of nitrogens with zero attached hydrogens (tertiary/aromatic N) is 3. The summed E-state index contributed by atoms with van der Waals surface area (Å²) in [6.45, 7) is 2.69. The molecule has 10 heteroatoms. The van der Waals surface area contributed by atoms with Crippen LogP contribution in [0.25, 0.3) is 0 Å². The number of nitrogens with one attached hydrogen (secondary N) is 2. The van der Waals surface area contributed by atoms with Gasteiger partial charge in [0.25, 0.3) is 0 Å². The summed E-state index contributed by atoms with van der Waals surface area (Å²) in [6, 6.07) is 3.15. The molecule has 0 spiro atoms. The predicted octanol–water partition coefficient (Wildman–Crippen LogP) is 1.08. The number of carbonyl (C=O) groups excluding carboxylic acids is 1. The number of halogens is 1. The number of hydrogen-bond acceptors (Lipinski definition) is 7. The van der Waals surface area contributed by atoms with Gasteiger partial charge < -0.3 is 20.9 Å². The van der Waals surface area contributed by atoms with Crippen LogP contribution in [0, 0.1) is 0 Å². The highest BCUT2D eigenvalue weighted by molar-refractivity contribution is 7.10. The fourth-order valence-corrected chi connectivity index (χ4v) is 3.42. The molecule has 2 aromatic rings. The van der Waals surface area contributed by atoms with Gasteiger partial charge in [-0.25, -0.2) is 4.79 Å². The first-order valence-electron chi connectivity index (χ1n) is 7.46. The zero-order valence-corrected chi connectivity index (χ0v) is 14.9. The Labute approximate surface area is 150 Å². The van der Waals surface area contributed by atoms with E-state index in [9.17, 15) is 4.79 Å². The molecule has 24 heavy (non-hydrogen) atoms. The minimum atomic E-state index is -0.570. The van der Waals surface area contributed by atoms with Gasteiger partial charge in [0.15, 0.2) is 5.82 Å². The molecule has 1 fully saturated rings. The van der Waals surface area contributed by atoms with E-state index in [4.69, 9.17) is 10.3 Å². The van der Waals surface area contributed by atoms with Crippen LogP contribution in [0.1, 0.15) is 28.7 Å². The molecule has 1 saturated heterocycles. The lowest BCUT2D eigenvalue weighted by Gasteiger charge is -2.30. The van der Waals surface area contributed by atoms with Gasteiger partial charge >= 0.3 is 6.03 Å². The molecule has 4 N–H and O–H groups in total. The Morgan fingerprint density at radius 3 is 3.17 bits per heavy atom. The minimum Gasteiger partial charge on any atom is -0.352 e. The molecule has 3 heterocycles. The number of carbonyl (C=O) groups is 1. The molecule has 0 aromatic carbocycles. The van der Waals surface area contributed by atoms with E-state index in [1.165, 1.54) is 0 Å². The Balaban J connectivity index is 0.00000208. The van der Waals surface area contributed by atoms with E-state index in [2.05, 4.69) is 25.7 Å². The number of piperazine rings is 1. The topological polar surface area (TPSA) is 109 Å². The highest BCUT2D eigenvalue weighted by atomic mass is 35.5. The number of urea groups is 1. The quantitative estimate of drug-likeness (QED) is 0.724. The van der Waals surface area contributed by atoms with Gasteiger partial charge in [-0.1, -0.05) is 11.2 Å². The average molecular weight is 373 g/mol. The molecule has 3 rings (SSSR count). The highest BCUT2D eigenvalue weighted by Gasteiger charge is 2.26. The third kappa shape index (κ3) is 4.44. The second kappa shape index (κ2) is 8.43. The number of amides is 2. The van der Waals surface area contributed by atoms with Gasteiger partial charge in [-0.3, -0.25) is 4.90 Å². The molecule has 8 nitrogen and oxygen atoms in total. The normalized spacial score (nSPS) is 19.5. The van der Waals surface area contributed by atoms with E-state index in [1.807, 2.05) is 24.6 Å². The summed E-state index contributed by atoms with van der Waals surface area (Å²) >= 11 is 1.55. The van der Waals surface area contributed by atoms with Gasteiger partial charge in [0.05, 0.1) is 18.5 Å². The van der Waals surface area contributed by atoms with Crippen LogP contribution in [-0.2, 0) is 6.42 Å². The number of thiophene rings is 1. The lowest BCUT2D eigenvalue weighted by Crippen LogP contribution is -2.44. The molecule has 132 valence electrons. The fourth-order valence-electron chi connectivity index (χ4n) is 2.64. The van der Waals surface area contributed by atoms with Crippen LogP contribution in [0.4, 0.5) is 4.79 Å².